The maximum atomic E-state index is 12.8. The maximum absolute atomic E-state index is 12.8. The van der Waals surface area contributed by atoms with Crippen LogP contribution in [-0.2, 0) is 26.0 Å². The van der Waals surface area contributed by atoms with Crippen LogP contribution in [0.4, 0.5) is 11.4 Å². The van der Waals surface area contributed by atoms with Crippen LogP contribution in [-0.4, -0.2) is 25.5 Å². The molecule has 0 fully saturated rings. The van der Waals surface area contributed by atoms with Crippen molar-refractivity contribution in [2.24, 2.45) is 5.14 Å². The number of nitrogens with one attached hydrogen (secondary N) is 2. The SMILES string of the molecule is CCC(Sc1cccc(NC(=O)Cc2ccc(Cl)cc2)c1)C(=O)Nc1ccc(S(N)(=O)=O)cc1. The van der Waals surface area contributed by atoms with Gasteiger partial charge in [0.05, 0.1) is 16.6 Å². The van der Waals surface area contributed by atoms with Crippen LogP contribution in [0.3, 0.4) is 0 Å². The number of rotatable bonds is 9. The van der Waals surface area contributed by atoms with Crippen molar-refractivity contribution in [3.8, 4) is 0 Å². The first-order valence-electron chi connectivity index (χ1n) is 10.4. The van der Waals surface area contributed by atoms with Crippen LogP contribution in [0.25, 0.3) is 0 Å². The molecule has 0 saturated carbocycles. The Bertz CT molecular complexity index is 1260. The Kier molecular flexibility index (Phi) is 8.73. The Hall–Kier alpha value is -2.85. The fourth-order valence-corrected chi connectivity index (χ4v) is 4.73. The average molecular weight is 518 g/mol. The minimum atomic E-state index is -3.79. The molecule has 0 saturated heterocycles. The third-order valence-electron chi connectivity index (χ3n) is 4.79. The van der Waals surface area contributed by atoms with E-state index in [4.69, 9.17) is 16.7 Å². The molecule has 1 unspecified atom stereocenters. The monoisotopic (exact) mass is 517 g/mol. The molecule has 4 N–H and O–H groups in total. The van der Waals surface area contributed by atoms with E-state index >= 15 is 0 Å². The van der Waals surface area contributed by atoms with Crippen molar-refractivity contribution in [2.45, 2.75) is 34.8 Å². The number of hydrogen-bond donors (Lipinski definition) is 3. The van der Waals surface area contributed by atoms with E-state index in [0.29, 0.717) is 22.8 Å². The fourth-order valence-electron chi connectivity index (χ4n) is 3.08. The summed E-state index contributed by atoms with van der Waals surface area (Å²) in [5.41, 5.74) is 1.96. The van der Waals surface area contributed by atoms with E-state index in [1.165, 1.54) is 36.0 Å². The third kappa shape index (κ3) is 7.59. The number of sulfonamides is 1. The van der Waals surface area contributed by atoms with Crippen molar-refractivity contribution in [1.29, 1.82) is 0 Å². The maximum Gasteiger partial charge on any atom is 0.238 e. The summed E-state index contributed by atoms with van der Waals surface area (Å²) in [4.78, 5) is 26.0. The summed E-state index contributed by atoms with van der Waals surface area (Å²) in [6.45, 7) is 1.90. The first-order chi connectivity index (χ1) is 16.1. The second-order valence-corrected chi connectivity index (χ2v) is 10.7. The number of halogens is 1. The molecule has 1 atom stereocenters. The highest BCUT2D eigenvalue weighted by Crippen LogP contribution is 2.29. The normalized spacial score (nSPS) is 12.1. The predicted octanol–water partition coefficient (Wildman–Crippen LogP) is 4.68. The van der Waals surface area contributed by atoms with Gasteiger partial charge in [0.2, 0.25) is 21.8 Å². The van der Waals surface area contributed by atoms with E-state index in [9.17, 15) is 18.0 Å². The summed E-state index contributed by atoms with van der Waals surface area (Å²) in [7, 11) is -3.79. The Labute approximate surface area is 208 Å². The first-order valence-corrected chi connectivity index (χ1v) is 13.2. The molecule has 178 valence electrons. The smallest absolute Gasteiger partial charge is 0.238 e. The molecule has 3 aromatic rings. The first kappa shape index (κ1) is 25.8. The van der Waals surface area contributed by atoms with Crippen LogP contribution in [0.5, 0.6) is 0 Å². The molecule has 2 amide bonds. The van der Waals surface area contributed by atoms with Gasteiger partial charge in [0.1, 0.15) is 0 Å². The van der Waals surface area contributed by atoms with Gasteiger partial charge in [-0.25, -0.2) is 13.6 Å². The molecular weight excluding hydrogens is 494 g/mol. The van der Waals surface area contributed by atoms with E-state index in [1.807, 2.05) is 25.1 Å². The molecule has 0 radical (unpaired) electrons. The van der Waals surface area contributed by atoms with Crippen LogP contribution in [0.1, 0.15) is 18.9 Å². The van der Waals surface area contributed by atoms with Crippen LogP contribution in [0, 0.1) is 0 Å². The second kappa shape index (κ2) is 11.5. The zero-order valence-corrected chi connectivity index (χ0v) is 20.7. The number of anilines is 2. The van der Waals surface area contributed by atoms with Crippen LogP contribution >= 0.6 is 23.4 Å². The van der Waals surface area contributed by atoms with Gasteiger partial charge < -0.3 is 10.6 Å². The van der Waals surface area contributed by atoms with Crippen molar-refractivity contribution in [2.75, 3.05) is 10.6 Å². The van der Waals surface area contributed by atoms with E-state index in [1.54, 1.807) is 30.3 Å². The lowest BCUT2D eigenvalue weighted by molar-refractivity contribution is -0.116. The molecule has 0 aromatic heterocycles. The highest BCUT2D eigenvalue weighted by Gasteiger charge is 2.19. The summed E-state index contributed by atoms with van der Waals surface area (Å²) >= 11 is 7.26. The molecule has 34 heavy (non-hydrogen) atoms. The zero-order chi connectivity index (χ0) is 24.7. The lowest BCUT2D eigenvalue weighted by Crippen LogP contribution is -2.24. The molecule has 3 rings (SSSR count). The Morgan fingerprint density at radius 3 is 2.26 bits per heavy atom. The Morgan fingerprint density at radius 2 is 1.65 bits per heavy atom. The lowest BCUT2D eigenvalue weighted by atomic mass is 10.1. The van der Waals surface area contributed by atoms with Gasteiger partial charge in [0, 0.05) is 21.3 Å². The number of carbonyl (C=O) groups excluding carboxylic acids is 2. The topological polar surface area (TPSA) is 118 Å². The van der Waals surface area contributed by atoms with Crippen LogP contribution in [0.15, 0.2) is 82.6 Å². The molecule has 0 spiro atoms. The average Bonchev–Trinajstić information content (AvgIpc) is 2.79. The largest absolute Gasteiger partial charge is 0.326 e. The minimum Gasteiger partial charge on any atom is -0.326 e. The summed E-state index contributed by atoms with van der Waals surface area (Å²) in [6.07, 6.45) is 0.789. The number of nitrogens with two attached hydrogens (primary N) is 1. The summed E-state index contributed by atoms with van der Waals surface area (Å²) in [5.74, 6) is -0.370. The van der Waals surface area contributed by atoms with Crippen LogP contribution < -0.4 is 15.8 Å². The predicted molar refractivity (Wildman–Crippen MR) is 137 cm³/mol. The summed E-state index contributed by atoms with van der Waals surface area (Å²) < 4.78 is 22.8. The molecular formula is C24H24ClN3O4S2. The molecule has 0 bridgehead atoms. The van der Waals surface area contributed by atoms with E-state index < -0.39 is 15.3 Å². The minimum absolute atomic E-state index is 0.0261. The van der Waals surface area contributed by atoms with Gasteiger partial charge in [0.25, 0.3) is 0 Å². The number of amides is 2. The molecule has 0 aliphatic carbocycles. The number of hydrogen-bond acceptors (Lipinski definition) is 5. The van der Waals surface area contributed by atoms with E-state index in [-0.39, 0.29) is 23.1 Å². The number of benzene rings is 3. The van der Waals surface area contributed by atoms with E-state index in [0.717, 1.165) is 10.5 Å². The van der Waals surface area contributed by atoms with Crippen molar-refractivity contribution in [1.82, 2.24) is 0 Å². The Morgan fingerprint density at radius 1 is 0.971 bits per heavy atom. The zero-order valence-electron chi connectivity index (χ0n) is 18.3. The van der Waals surface area contributed by atoms with Crippen molar-refractivity contribution in [3.63, 3.8) is 0 Å². The number of primary sulfonamides is 1. The van der Waals surface area contributed by atoms with Gasteiger partial charge in [-0.2, -0.15) is 0 Å². The fraction of sp³-hybridized carbons (Fsp3) is 0.167. The van der Waals surface area contributed by atoms with Crippen molar-refractivity contribution < 1.29 is 18.0 Å². The molecule has 10 heteroatoms. The van der Waals surface area contributed by atoms with Gasteiger partial charge in [-0.3, -0.25) is 9.59 Å². The summed E-state index contributed by atoms with van der Waals surface area (Å²) in [5, 5.41) is 11.0. The van der Waals surface area contributed by atoms with E-state index in [2.05, 4.69) is 10.6 Å². The molecule has 0 aliphatic heterocycles. The van der Waals surface area contributed by atoms with Gasteiger partial charge >= 0.3 is 0 Å². The van der Waals surface area contributed by atoms with Crippen molar-refractivity contribution in [3.05, 3.63) is 83.4 Å². The quantitative estimate of drug-likeness (QED) is 0.356. The second-order valence-electron chi connectivity index (χ2n) is 7.45. The summed E-state index contributed by atoms with van der Waals surface area (Å²) in [6, 6.07) is 20.1. The highest BCUT2D eigenvalue weighted by molar-refractivity contribution is 8.00. The lowest BCUT2D eigenvalue weighted by Gasteiger charge is -2.16. The molecule has 7 nitrogen and oxygen atoms in total. The highest BCUT2D eigenvalue weighted by atomic mass is 35.5. The molecule has 0 aliphatic rings. The van der Waals surface area contributed by atoms with Gasteiger partial charge in [-0.05, 0) is 66.6 Å². The standard InChI is InChI=1S/C24H24ClN3O4S2/c1-2-22(24(30)28-18-10-12-21(13-11-18)34(26,31)32)33-20-5-3-4-19(15-20)27-23(29)14-16-6-8-17(25)9-7-16/h3-13,15,22H,2,14H2,1H3,(H,27,29)(H,28,30)(H2,26,31,32). The number of carbonyl (C=O) groups is 2. The van der Waals surface area contributed by atoms with Gasteiger partial charge in [0.15, 0.2) is 0 Å². The van der Waals surface area contributed by atoms with Gasteiger partial charge in [-0.1, -0.05) is 36.7 Å². The molecule has 3 aromatic carbocycles. The Balaban J connectivity index is 1.61. The molecule has 0 heterocycles. The van der Waals surface area contributed by atoms with Gasteiger partial charge in [-0.15, -0.1) is 11.8 Å². The third-order valence-corrected chi connectivity index (χ3v) is 7.33. The number of thioether (sulfide) groups is 1. The van der Waals surface area contributed by atoms with Crippen molar-refractivity contribution >= 4 is 56.6 Å². The van der Waals surface area contributed by atoms with Crippen LogP contribution in [0.2, 0.25) is 5.02 Å².